The van der Waals surface area contributed by atoms with E-state index in [0.717, 1.165) is 30.0 Å². The second-order valence-electron chi connectivity index (χ2n) is 6.02. The van der Waals surface area contributed by atoms with Gasteiger partial charge in [-0.15, -0.1) is 0 Å². The highest BCUT2D eigenvalue weighted by molar-refractivity contribution is 5.78. The van der Waals surface area contributed by atoms with Gasteiger partial charge in [0.1, 0.15) is 5.82 Å². The molecule has 6 nitrogen and oxygen atoms in total. The molecule has 1 aliphatic rings. The lowest BCUT2D eigenvalue weighted by molar-refractivity contribution is 0.428. The number of nitrogens with two attached hydrogens (primary N) is 1. The second-order valence-corrected chi connectivity index (χ2v) is 6.02. The number of nitrogens with zero attached hydrogens (tertiary/aromatic N) is 4. The number of aryl methyl sites for hydroxylation is 1. The Hall–Kier alpha value is -2.37. The summed E-state index contributed by atoms with van der Waals surface area (Å²) >= 11 is 0. The van der Waals surface area contributed by atoms with Gasteiger partial charge in [-0.3, -0.25) is 5.10 Å². The molecule has 1 aliphatic heterocycles. The zero-order valence-electron chi connectivity index (χ0n) is 13.6. The van der Waals surface area contributed by atoms with Crippen LogP contribution >= 0.6 is 0 Å². The Morgan fingerprint density at radius 3 is 2.74 bits per heavy atom. The molecule has 2 heterocycles. The van der Waals surface area contributed by atoms with Crippen LogP contribution < -0.4 is 5.73 Å². The maximum Gasteiger partial charge on any atom is 0.191 e. The maximum atomic E-state index is 6.16. The Bertz CT molecular complexity index is 667. The maximum absolute atomic E-state index is 6.16. The molecule has 1 fully saturated rings. The summed E-state index contributed by atoms with van der Waals surface area (Å²) < 4.78 is 0. The Morgan fingerprint density at radius 1 is 1.26 bits per heavy atom. The summed E-state index contributed by atoms with van der Waals surface area (Å²) in [7, 11) is 0. The van der Waals surface area contributed by atoms with Crippen molar-refractivity contribution >= 4 is 5.96 Å². The Kier molecular flexibility index (Phi) is 4.90. The monoisotopic (exact) mass is 312 g/mol. The molecule has 6 heteroatoms. The molecule has 1 saturated heterocycles. The number of H-pyrrole nitrogens is 1. The molecular formula is C17H24N6. The van der Waals surface area contributed by atoms with E-state index in [1.807, 2.05) is 19.1 Å². The standard InChI is InChI=1S/C17H24N6/c1-13-20-16(22-21-13)15-8-6-7-14(11-15)12-19-17(18)23-9-4-2-3-5-10-23/h6-8,11H,2-5,9-10,12H2,1H3,(H2,18,19)(H,20,21,22). The molecule has 1 aromatic carbocycles. The highest BCUT2D eigenvalue weighted by Gasteiger charge is 2.11. The second kappa shape index (κ2) is 7.26. The summed E-state index contributed by atoms with van der Waals surface area (Å²) in [5.74, 6) is 2.19. The lowest BCUT2D eigenvalue weighted by Gasteiger charge is -2.21. The minimum absolute atomic E-state index is 0.583. The zero-order chi connectivity index (χ0) is 16.1. The van der Waals surface area contributed by atoms with Crippen LogP contribution in [0.4, 0.5) is 0 Å². The molecule has 0 amide bonds. The van der Waals surface area contributed by atoms with E-state index in [2.05, 4.69) is 37.2 Å². The number of likely N-dealkylation sites (tertiary alicyclic amines) is 1. The van der Waals surface area contributed by atoms with E-state index < -0.39 is 0 Å². The topological polar surface area (TPSA) is 83.2 Å². The summed E-state index contributed by atoms with van der Waals surface area (Å²) in [6.45, 7) is 4.52. The van der Waals surface area contributed by atoms with E-state index in [1.165, 1.54) is 25.7 Å². The highest BCUT2D eigenvalue weighted by atomic mass is 15.2. The van der Waals surface area contributed by atoms with Crippen LogP contribution in [0, 0.1) is 6.92 Å². The van der Waals surface area contributed by atoms with Crippen LogP contribution in [0.1, 0.15) is 37.1 Å². The van der Waals surface area contributed by atoms with Gasteiger partial charge in [-0.2, -0.15) is 5.10 Å². The largest absolute Gasteiger partial charge is 0.370 e. The lowest BCUT2D eigenvalue weighted by atomic mass is 10.1. The fourth-order valence-electron chi connectivity index (χ4n) is 2.85. The van der Waals surface area contributed by atoms with Gasteiger partial charge in [-0.25, -0.2) is 9.98 Å². The fourth-order valence-corrected chi connectivity index (χ4v) is 2.85. The van der Waals surface area contributed by atoms with Crippen LogP contribution in [-0.2, 0) is 6.54 Å². The normalized spacial score (nSPS) is 16.4. The number of aromatic amines is 1. The van der Waals surface area contributed by atoms with Crippen LogP contribution in [0.5, 0.6) is 0 Å². The molecule has 0 unspecified atom stereocenters. The molecule has 0 spiro atoms. The number of guanidine groups is 1. The van der Waals surface area contributed by atoms with E-state index in [9.17, 15) is 0 Å². The summed E-state index contributed by atoms with van der Waals surface area (Å²) in [5.41, 5.74) is 8.27. The quantitative estimate of drug-likeness (QED) is 0.673. The summed E-state index contributed by atoms with van der Waals surface area (Å²) in [6, 6.07) is 8.14. The van der Waals surface area contributed by atoms with Crippen molar-refractivity contribution in [2.45, 2.75) is 39.2 Å². The number of rotatable bonds is 3. The van der Waals surface area contributed by atoms with Crippen molar-refractivity contribution < 1.29 is 0 Å². The fraction of sp³-hybridized carbons (Fsp3) is 0.471. The minimum atomic E-state index is 0.583. The molecule has 2 aromatic rings. The average Bonchev–Trinajstić information content (AvgIpc) is 2.84. The SMILES string of the molecule is Cc1nc(-c2cccc(CN=C(N)N3CCCCCC3)c2)n[nH]1. The molecule has 3 N–H and O–H groups in total. The minimum Gasteiger partial charge on any atom is -0.370 e. The van der Waals surface area contributed by atoms with Gasteiger partial charge in [-0.05, 0) is 31.4 Å². The third kappa shape index (κ3) is 4.09. The molecular weight excluding hydrogens is 288 g/mol. The van der Waals surface area contributed by atoms with Crippen molar-refractivity contribution in [2.75, 3.05) is 13.1 Å². The molecule has 23 heavy (non-hydrogen) atoms. The molecule has 0 aliphatic carbocycles. The number of aromatic nitrogens is 3. The summed E-state index contributed by atoms with van der Waals surface area (Å²) in [5, 5.41) is 7.07. The van der Waals surface area contributed by atoms with Gasteiger partial charge in [-0.1, -0.05) is 31.0 Å². The summed E-state index contributed by atoms with van der Waals surface area (Å²) in [4.78, 5) is 11.1. The van der Waals surface area contributed by atoms with Crippen molar-refractivity contribution in [1.82, 2.24) is 20.1 Å². The van der Waals surface area contributed by atoms with E-state index in [4.69, 9.17) is 5.73 Å². The molecule has 0 bridgehead atoms. The van der Waals surface area contributed by atoms with E-state index in [-0.39, 0.29) is 0 Å². The van der Waals surface area contributed by atoms with Crippen molar-refractivity contribution in [3.63, 3.8) is 0 Å². The van der Waals surface area contributed by atoms with Gasteiger partial charge in [0, 0.05) is 18.7 Å². The van der Waals surface area contributed by atoms with Crippen molar-refractivity contribution in [3.05, 3.63) is 35.7 Å². The van der Waals surface area contributed by atoms with Crippen LogP contribution in [0.15, 0.2) is 29.3 Å². The first-order valence-corrected chi connectivity index (χ1v) is 8.25. The van der Waals surface area contributed by atoms with Gasteiger partial charge < -0.3 is 10.6 Å². The molecule has 0 radical (unpaired) electrons. The Balaban J connectivity index is 1.69. The van der Waals surface area contributed by atoms with Gasteiger partial charge >= 0.3 is 0 Å². The number of benzene rings is 1. The van der Waals surface area contributed by atoms with Gasteiger partial charge in [0.25, 0.3) is 0 Å². The van der Waals surface area contributed by atoms with Crippen LogP contribution in [0.3, 0.4) is 0 Å². The van der Waals surface area contributed by atoms with Crippen molar-refractivity contribution in [3.8, 4) is 11.4 Å². The first kappa shape index (κ1) is 15.5. The highest BCUT2D eigenvalue weighted by Crippen LogP contribution is 2.17. The average molecular weight is 312 g/mol. The van der Waals surface area contributed by atoms with Gasteiger partial charge in [0.15, 0.2) is 11.8 Å². The van der Waals surface area contributed by atoms with E-state index in [1.54, 1.807) is 0 Å². The number of hydrogen-bond acceptors (Lipinski definition) is 3. The third-order valence-corrected chi connectivity index (χ3v) is 4.14. The van der Waals surface area contributed by atoms with Crippen LogP contribution in [0.25, 0.3) is 11.4 Å². The molecule has 0 atom stereocenters. The lowest BCUT2D eigenvalue weighted by Crippen LogP contribution is -2.38. The summed E-state index contributed by atoms with van der Waals surface area (Å²) in [6.07, 6.45) is 5.00. The van der Waals surface area contributed by atoms with E-state index in [0.29, 0.717) is 18.3 Å². The first-order chi connectivity index (χ1) is 11.2. The first-order valence-electron chi connectivity index (χ1n) is 8.25. The zero-order valence-corrected chi connectivity index (χ0v) is 13.6. The number of nitrogens with one attached hydrogen (secondary N) is 1. The van der Waals surface area contributed by atoms with Crippen molar-refractivity contribution in [2.24, 2.45) is 10.7 Å². The number of aliphatic imine (C=N–C) groups is 1. The van der Waals surface area contributed by atoms with Gasteiger partial charge in [0.05, 0.1) is 6.54 Å². The molecule has 0 saturated carbocycles. The van der Waals surface area contributed by atoms with Crippen LogP contribution in [-0.4, -0.2) is 39.1 Å². The molecule has 3 rings (SSSR count). The Morgan fingerprint density at radius 2 is 2.04 bits per heavy atom. The predicted octanol–water partition coefficient (Wildman–Crippen LogP) is 2.47. The number of hydrogen-bond donors (Lipinski definition) is 2. The van der Waals surface area contributed by atoms with Crippen LogP contribution in [0.2, 0.25) is 0 Å². The van der Waals surface area contributed by atoms with Crippen molar-refractivity contribution in [1.29, 1.82) is 0 Å². The predicted molar refractivity (Wildman–Crippen MR) is 91.9 cm³/mol. The molecule has 1 aromatic heterocycles. The smallest absolute Gasteiger partial charge is 0.191 e. The third-order valence-electron chi connectivity index (χ3n) is 4.14. The molecule has 122 valence electrons. The van der Waals surface area contributed by atoms with E-state index >= 15 is 0 Å². The Labute approximate surface area is 136 Å². The van der Waals surface area contributed by atoms with Gasteiger partial charge in [0.2, 0.25) is 0 Å².